The van der Waals surface area contributed by atoms with E-state index in [1.54, 1.807) is 0 Å². The fourth-order valence-electron chi connectivity index (χ4n) is 0.276. The summed E-state index contributed by atoms with van der Waals surface area (Å²) in [6.45, 7) is -0.493. The number of nitrogens with two attached hydrogens (primary N) is 1. The quantitative estimate of drug-likeness (QED) is 0.547. The van der Waals surface area contributed by atoms with E-state index in [-0.39, 0.29) is 0 Å². The normalized spacial score (nSPS) is 13.3. The molecule has 0 aromatic carbocycles. The van der Waals surface area contributed by atoms with Crippen LogP contribution in [0.2, 0.25) is 0 Å². The lowest BCUT2D eigenvalue weighted by atomic mass is 10.5. The standard InChI is InChI=1S/C4H7F3N2O/c5-3(6)4(7)9-2(10)1-8/h3-4H,1,8H2,(H,9,10). The van der Waals surface area contributed by atoms with E-state index < -0.39 is 25.2 Å². The topological polar surface area (TPSA) is 55.1 Å². The van der Waals surface area contributed by atoms with Gasteiger partial charge in [-0.05, 0) is 0 Å². The van der Waals surface area contributed by atoms with Crippen molar-refractivity contribution in [1.29, 1.82) is 0 Å². The minimum atomic E-state index is -3.20. The summed E-state index contributed by atoms with van der Waals surface area (Å²) < 4.78 is 34.4. The van der Waals surface area contributed by atoms with Gasteiger partial charge in [-0.25, -0.2) is 13.2 Å². The maximum Gasteiger partial charge on any atom is 0.287 e. The molecule has 0 heterocycles. The SMILES string of the molecule is NCC(=O)NC(F)C(F)F. The van der Waals surface area contributed by atoms with Crippen molar-refractivity contribution in [2.75, 3.05) is 6.54 Å². The van der Waals surface area contributed by atoms with Crippen molar-refractivity contribution in [2.24, 2.45) is 5.73 Å². The molecule has 3 nitrogen and oxygen atoms in total. The van der Waals surface area contributed by atoms with Crippen molar-refractivity contribution in [2.45, 2.75) is 12.7 Å². The van der Waals surface area contributed by atoms with Crippen LogP contribution in [0.25, 0.3) is 0 Å². The highest BCUT2D eigenvalue weighted by Gasteiger charge is 2.19. The first-order valence-electron chi connectivity index (χ1n) is 2.49. The van der Waals surface area contributed by atoms with Gasteiger partial charge in [0.25, 0.3) is 6.43 Å². The van der Waals surface area contributed by atoms with E-state index in [1.807, 2.05) is 0 Å². The van der Waals surface area contributed by atoms with Gasteiger partial charge in [0.15, 0.2) is 0 Å². The summed E-state index contributed by atoms with van der Waals surface area (Å²) >= 11 is 0. The summed E-state index contributed by atoms with van der Waals surface area (Å²) in [4.78, 5) is 10.1. The third-order valence-electron chi connectivity index (χ3n) is 0.705. The molecule has 6 heteroatoms. The largest absolute Gasteiger partial charge is 0.322 e. The van der Waals surface area contributed by atoms with Gasteiger partial charge in [0.2, 0.25) is 12.2 Å². The van der Waals surface area contributed by atoms with Crippen molar-refractivity contribution in [3.8, 4) is 0 Å². The minimum Gasteiger partial charge on any atom is -0.322 e. The van der Waals surface area contributed by atoms with Crippen LogP contribution in [0.4, 0.5) is 13.2 Å². The summed E-state index contributed by atoms with van der Waals surface area (Å²) in [5.74, 6) is -0.937. The van der Waals surface area contributed by atoms with Crippen molar-refractivity contribution in [3.63, 3.8) is 0 Å². The molecule has 1 unspecified atom stereocenters. The average molecular weight is 156 g/mol. The second-order valence-electron chi connectivity index (χ2n) is 1.51. The molecule has 0 aliphatic heterocycles. The molecule has 1 amide bonds. The van der Waals surface area contributed by atoms with Gasteiger partial charge in [0.1, 0.15) is 0 Å². The fraction of sp³-hybridized carbons (Fsp3) is 0.750. The molecule has 10 heavy (non-hydrogen) atoms. The Morgan fingerprint density at radius 1 is 1.50 bits per heavy atom. The fourth-order valence-corrected chi connectivity index (χ4v) is 0.276. The van der Waals surface area contributed by atoms with E-state index in [1.165, 1.54) is 5.32 Å². The van der Waals surface area contributed by atoms with Gasteiger partial charge in [-0.3, -0.25) is 4.79 Å². The zero-order valence-electron chi connectivity index (χ0n) is 4.98. The Labute approximate surface area is 55.4 Å². The number of amides is 1. The zero-order chi connectivity index (χ0) is 8.15. The molecule has 0 saturated carbocycles. The molecular weight excluding hydrogens is 149 g/mol. The monoisotopic (exact) mass is 156 g/mol. The maximum absolute atomic E-state index is 11.8. The molecule has 0 aliphatic carbocycles. The minimum absolute atomic E-state index is 0.493. The predicted octanol–water partition coefficient (Wildman–Crippen LogP) is -0.378. The molecule has 0 rings (SSSR count). The Bertz CT molecular complexity index is 119. The molecule has 0 aromatic heterocycles. The Morgan fingerprint density at radius 2 is 2.00 bits per heavy atom. The van der Waals surface area contributed by atoms with Crippen molar-refractivity contribution in [3.05, 3.63) is 0 Å². The van der Waals surface area contributed by atoms with Gasteiger partial charge in [-0.2, -0.15) is 0 Å². The van der Waals surface area contributed by atoms with Crippen molar-refractivity contribution >= 4 is 5.91 Å². The molecule has 0 aromatic rings. The van der Waals surface area contributed by atoms with E-state index in [9.17, 15) is 18.0 Å². The molecule has 0 saturated heterocycles. The van der Waals surface area contributed by atoms with Crippen molar-refractivity contribution < 1.29 is 18.0 Å². The lowest BCUT2D eigenvalue weighted by molar-refractivity contribution is -0.123. The number of alkyl halides is 3. The Hall–Kier alpha value is -0.780. The van der Waals surface area contributed by atoms with Gasteiger partial charge in [-0.1, -0.05) is 0 Å². The number of nitrogens with one attached hydrogen (secondary N) is 1. The van der Waals surface area contributed by atoms with Crippen molar-refractivity contribution in [1.82, 2.24) is 5.32 Å². The number of hydrogen-bond donors (Lipinski definition) is 2. The van der Waals surface area contributed by atoms with E-state index in [2.05, 4.69) is 0 Å². The van der Waals surface area contributed by atoms with Crippen LogP contribution in [0.1, 0.15) is 0 Å². The third-order valence-corrected chi connectivity index (χ3v) is 0.705. The smallest absolute Gasteiger partial charge is 0.287 e. The van der Waals surface area contributed by atoms with Gasteiger partial charge in [0, 0.05) is 0 Å². The summed E-state index contributed by atoms with van der Waals surface area (Å²) in [5.41, 5.74) is 4.70. The second-order valence-corrected chi connectivity index (χ2v) is 1.51. The Kier molecular flexibility index (Phi) is 3.78. The van der Waals surface area contributed by atoms with Gasteiger partial charge in [-0.15, -0.1) is 0 Å². The van der Waals surface area contributed by atoms with Crippen LogP contribution in [-0.2, 0) is 4.79 Å². The van der Waals surface area contributed by atoms with E-state index in [0.29, 0.717) is 0 Å². The lowest BCUT2D eigenvalue weighted by Crippen LogP contribution is -2.39. The summed E-state index contributed by atoms with van der Waals surface area (Å²) in [6, 6.07) is 0. The highest BCUT2D eigenvalue weighted by atomic mass is 19.3. The van der Waals surface area contributed by atoms with Gasteiger partial charge < -0.3 is 11.1 Å². The van der Waals surface area contributed by atoms with Crippen LogP contribution in [0, 0.1) is 0 Å². The molecule has 1 atom stereocenters. The molecule has 0 aliphatic rings. The van der Waals surface area contributed by atoms with Gasteiger partial charge in [0.05, 0.1) is 6.54 Å². The molecule has 3 N–H and O–H groups in total. The highest BCUT2D eigenvalue weighted by Crippen LogP contribution is 2.00. The van der Waals surface area contributed by atoms with Crippen LogP contribution in [-0.4, -0.2) is 25.2 Å². The number of halogens is 3. The predicted molar refractivity (Wildman–Crippen MR) is 28.1 cm³/mol. The second kappa shape index (κ2) is 4.10. The number of rotatable bonds is 3. The van der Waals surface area contributed by atoms with Crippen LogP contribution in [0.15, 0.2) is 0 Å². The number of carbonyl (C=O) groups is 1. The maximum atomic E-state index is 11.8. The number of carbonyl (C=O) groups excluding carboxylic acids is 1. The zero-order valence-corrected chi connectivity index (χ0v) is 4.98. The summed E-state index contributed by atoms with van der Waals surface area (Å²) in [6.07, 6.45) is -5.81. The lowest BCUT2D eigenvalue weighted by Gasteiger charge is -2.07. The summed E-state index contributed by atoms with van der Waals surface area (Å²) in [7, 11) is 0. The number of hydrogen-bond acceptors (Lipinski definition) is 2. The van der Waals surface area contributed by atoms with E-state index >= 15 is 0 Å². The Morgan fingerprint density at radius 3 is 2.30 bits per heavy atom. The third kappa shape index (κ3) is 3.29. The first kappa shape index (κ1) is 9.22. The molecule has 0 radical (unpaired) electrons. The van der Waals surface area contributed by atoms with Crippen LogP contribution in [0.5, 0.6) is 0 Å². The van der Waals surface area contributed by atoms with E-state index in [4.69, 9.17) is 5.73 Å². The molecular formula is C4H7F3N2O. The average Bonchev–Trinajstić information content (AvgIpc) is 1.87. The molecule has 0 spiro atoms. The van der Waals surface area contributed by atoms with Crippen LogP contribution < -0.4 is 11.1 Å². The molecule has 60 valence electrons. The molecule has 0 bridgehead atoms. The first-order chi connectivity index (χ1) is 4.57. The highest BCUT2D eigenvalue weighted by molar-refractivity contribution is 5.77. The molecule has 0 fully saturated rings. The van der Waals surface area contributed by atoms with Crippen LogP contribution >= 0.6 is 0 Å². The van der Waals surface area contributed by atoms with Crippen LogP contribution in [0.3, 0.4) is 0 Å². The first-order valence-corrected chi connectivity index (χ1v) is 2.49. The van der Waals surface area contributed by atoms with E-state index in [0.717, 1.165) is 0 Å². The Balaban J connectivity index is 3.57. The van der Waals surface area contributed by atoms with Gasteiger partial charge >= 0.3 is 0 Å². The summed E-state index contributed by atoms with van der Waals surface area (Å²) in [5, 5.41) is 1.35.